The predicted octanol–water partition coefficient (Wildman–Crippen LogP) is 2.55. The fourth-order valence-electron chi connectivity index (χ4n) is 2.66. The maximum Gasteiger partial charge on any atom is 0.0486 e. The molecule has 0 aromatic carbocycles. The summed E-state index contributed by atoms with van der Waals surface area (Å²) in [5.41, 5.74) is 8.89. The second-order valence-corrected chi connectivity index (χ2v) is 4.50. The van der Waals surface area contributed by atoms with E-state index in [4.69, 9.17) is 5.73 Å². The quantitative estimate of drug-likeness (QED) is 0.728. The van der Waals surface area contributed by atoms with Crippen LogP contribution in [0.15, 0.2) is 12.1 Å². The molecule has 2 nitrogen and oxygen atoms in total. The van der Waals surface area contributed by atoms with Gasteiger partial charge in [0.2, 0.25) is 0 Å². The lowest BCUT2D eigenvalue weighted by atomic mass is 9.90. The van der Waals surface area contributed by atoms with Gasteiger partial charge in [-0.3, -0.25) is 0 Å². The maximum absolute atomic E-state index is 6.19. The van der Waals surface area contributed by atoms with Crippen LogP contribution in [-0.2, 0) is 0 Å². The van der Waals surface area contributed by atoms with Gasteiger partial charge in [-0.1, -0.05) is 12.8 Å². The molecule has 1 saturated carbocycles. The van der Waals surface area contributed by atoms with E-state index in [0.29, 0.717) is 12.1 Å². The molecular formula is C12H20N2. The minimum absolute atomic E-state index is 0.355. The molecule has 2 N–H and O–H groups in total. The minimum Gasteiger partial charge on any atom is -0.345 e. The average Bonchev–Trinajstić information content (AvgIpc) is 2.48. The van der Waals surface area contributed by atoms with E-state index in [0.717, 1.165) is 0 Å². The molecule has 0 spiro atoms. The number of hydrogen-bond acceptors (Lipinski definition) is 1. The smallest absolute Gasteiger partial charge is 0.0486 e. The minimum atomic E-state index is 0.355. The zero-order chi connectivity index (χ0) is 10.1. The summed E-state index contributed by atoms with van der Waals surface area (Å²) < 4.78 is 2.42. The van der Waals surface area contributed by atoms with Crippen molar-refractivity contribution in [1.82, 2.24) is 4.57 Å². The third kappa shape index (κ3) is 1.59. The van der Waals surface area contributed by atoms with Crippen molar-refractivity contribution in [1.29, 1.82) is 0 Å². The lowest BCUT2D eigenvalue weighted by molar-refractivity contribution is 0.300. The highest BCUT2D eigenvalue weighted by Crippen LogP contribution is 2.29. The van der Waals surface area contributed by atoms with Gasteiger partial charge in [0, 0.05) is 23.5 Å². The van der Waals surface area contributed by atoms with Crippen LogP contribution >= 0.6 is 0 Å². The Balaban J connectivity index is 2.28. The van der Waals surface area contributed by atoms with Crippen molar-refractivity contribution >= 4 is 0 Å². The van der Waals surface area contributed by atoms with Gasteiger partial charge in [0.1, 0.15) is 0 Å². The maximum atomic E-state index is 6.19. The first kappa shape index (κ1) is 9.78. The molecule has 1 aromatic rings. The predicted molar refractivity (Wildman–Crippen MR) is 59.4 cm³/mol. The molecule has 0 amide bonds. The van der Waals surface area contributed by atoms with E-state index < -0.39 is 0 Å². The molecule has 0 saturated heterocycles. The van der Waals surface area contributed by atoms with Crippen LogP contribution in [0.4, 0.5) is 0 Å². The summed E-state index contributed by atoms with van der Waals surface area (Å²) >= 11 is 0. The topological polar surface area (TPSA) is 30.9 Å². The monoisotopic (exact) mass is 192 g/mol. The Morgan fingerprint density at radius 3 is 2.29 bits per heavy atom. The fourth-order valence-corrected chi connectivity index (χ4v) is 2.66. The number of aryl methyl sites for hydroxylation is 2. The van der Waals surface area contributed by atoms with Crippen molar-refractivity contribution in [2.24, 2.45) is 5.73 Å². The van der Waals surface area contributed by atoms with Gasteiger partial charge >= 0.3 is 0 Å². The molecule has 0 unspecified atom stereocenters. The summed E-state index contributed by atoms with van der Waals surface area (Å²) in [5, 5.41) is 0. The second kappa shape index (κ2) is 3.77. The molecule has 0 aliphatic heterocycles. The van der Waals surface area contributed by atoms with E-state index in [-0.39, 0.29) is 0 Å². The highest BCUT2D eigenvalue weighted by Gasteiger charge is 2.24. The molecule has 0 bridgehead atoms. The molecule has 2 rings (SSSR count). The summed E-state index contributed by atoms with van der Waals surface area (Å²) in [5.74, 6) is 0. The lowest BCUT2D eigenvalue weighted by Gasteiger charge is -2.32. The molecule has 2 atom stereocenters. The van der Waals surface area contributed by atoms with Crippen LogP contribution in [0, 0.1) is 13.8 Å². The molecule has 1 aliphatic rings. The summed E-state index contributed by atoms with van der Waals surface area (Å²) in [6.07, 6.45) is 5.06. The molecule has 78 valence electrons. The normalized spacial score (nSPS) is 27.9. The van der Waals surface area contributed by atoms with E-state index in [9.17, 15) is 0 Å². The number of rotatable bonds is 1. The van der Waals surface area contributed by atoms with Gasteiger partial charge in [-0.15, -0.1) is 0 Å². The second-order valence-electron chi connectivity index (χ2n) is 4.50. The van der Waals surface area contributed by atoms with Gasteiger partial charge in [0.25, 0.3) is 0 Å². The first-order valence-electron chi connectivity index (χ1n) is 5.60. The molecule has 1 aliphatic carbocycles. The summed E-state index contributed by atoms with van der Waals surface area (Å²) in [6.45, 7) is 4.35. The van der Waals surface area contributed by atoms with Crippen molar-refractivity contribution in [3.05, 3.63) is 23.5 Å². The van der Waals surface area contributed by atoms with E-state index in [1.54, 1.807) is 0 Å². The number of nitrogens with two attached hydrogens (primary N) is 1. The van der Waals surface area contributed by atoms with Crippen molar-refractivity contribution in [2.75, 3.05) is 0 Å². The van der Waals surface area contributed by atoms with Gasteiger partial charge in [0.05, 0.1) is 0 Å². The Labute approximate surface area is 86.1 Å². The molecule has 1 aromatic heterocycles. The van der Waals surface area contributed by atoms with Gasteiger partial charge < -0.3 is 10.3 Å². The summed E-state index contributed by atoms with van der Waals surface area (Å²) in [7, 11) is 0. The Morgan fingerprint density at radius 1 is 1.14 bits per heavy atom. The number of aromatic nitrogens is 1. The Hall–Kier alpha value is -0.760. The summed E-state index contributed by atoms with van der Waals surface area (Å²) in [4.78, 5) is 0. The average molecular weight is 192 g/mol. The third-order valence-electron chi connectivity index (χ3n) is 3.44. The van der Waals surface area contributed by atoms with Gasteiger partial charge in [-0.05, 0) is 38.8 Å². The molecule has 1 heterocycles. The van der Waals surface area contributed by atoms with E-state index in [1.165, 1.54) is 37.1 Å². The van der Waals surface area contributed by atoms with E-state index >= 15 is 0 Å². The summed E-state index contributed by atoms with van der Waals surface area (Å²) in [6, 6.07) is 5.28. The highest BCUT2D eigenvalue weighted by molar-refractivity contribution is 5.16. The van der Waals surface area contributed by atoms with Crippen LogP contribution in [0.3, 0.4) is 0 Å². The van der Waals surface area contributed by atoms with Crippen molar-refractivity contribution in [3.8, 4) is 0 Å². The van der Waals surface area contributed by atoms with Crippen LogP contribution < -0.4 is 5.73 Å². The largest absolute Gasteiger partial charge is 0.345 e. The van der Waals surface area contributed by atoms with Gasteiger partial charge in [0.15, 0.2) is 0 Å². The first-order valence-corrected chi connectivity index (χ1v) is 5.60. The van der Waals surface area contributed by atoms with Crippen LogP contribution in [0.5, 0.6) is 0 Å². The van der Waals surface area contributed by atoms with Crippen LogP contribution in [0.2, 0.25) is 0 Å². The Bertz CT molecular complexity index is 295. The third-order valence-corrected chi connectivity index (χ3v) is 3.44. The molecule has 1 fully saturated rings. The Morgan fingerprint density at radius 2 is 1.71 bits per heavy atom. The van der Waals surface area contributed by atoms with Crippen molar-refractivity contribution in [2.45, 2.75) is 51.6 Å². The SMILES string of the molecule is Cc1ccc(C)n1[C@H]1CCCC[C@@H]1N. The van der Waals surface area contributed by atoms with Crippen molar-refractivity contribution in [3.63, 3.8) is 0 Å². The van der Waals surface area contributed by atoms with Crippen molar-refractivity contribution < 1.29 is 0 Å². The molecular weight excluding hydrogens is 172 g/mol. The zero-order valence-corrected chi connectivity index (χ0v) is 9.16. The number of nitrogens with zero attached hydrogens (tertiary/aromatic N) is 1. The highest BCUT2D eigenvalue weighted by atomic mass is 15.1. The zero-order valence-electron chi connectivity index (χ0n) is 9.16. The molecule has 14 heavy (non-hydrogen) atoms. The fraction of sp³-hybridized carbons (Fsp3) is 0.667. The van der Waals surface area contributed by atoms with E-state index in [2.05, 4.69) is 30.5 Å². The first-order chi connectivity index (χ1) is 6.70. The molecule has 0 radical (unpaired) electrons. The standard InChI is InChI=1S/C12H20N2/c1-9-7-8-10(2)14(9)12-6-4-3-5-11(12)13/h7-8,11-12H,3-6,13H2,1-2H3/t11-,12-/m0/s1. The Kier molecular flexibility index (Phi) is 2.64. The van der Waals surface area contributed by atoms with Crippen LogP contribution in [0.1, 0.15) is 43.1 Å². The van der Waals surface area contributed by atoms with Crippen LogP contribution in [-0.4, -0.2) is 10.6 Å². The molecule has 2 heteroatoms. The van der Waals surface area contributed by atoms with E-state index in [1.807, 2.05) is 0 Å². The lowest BCUT2D eigenvalue weighted by Crippen LogP contribution is -2.35. The number of hydrogen-bond donors (Lipinski definition) is 1. The van der Waals surface area contributed by atoms with Gasteiger partial charge in [-0.2, -0.15) is 0 Å². The van der Waals surface area contributed by atoms with Gasteiger partial charge in [-0.25, -0.2) is 0 Å². The van der Waals surface area contributed by atoms with Crippen LogP contribution in [0.25, 0.3) is 0 Å².